The molecular weight excluding hydrogens is 250 g/mol. The Morgan fingerprint density at radius 2 is 2.11 bits per heavy atom. The van der Waals surface area contributed by atoms with Crippen LogP contribution in [0.15, 0.2) is 12.4 Å². The van der Waals surface area contributed by atoms with Crippen molar-refractivity contribution in [1.82, 2.24) is 15.3 Å². The molecule has 1 saturated heterocycles. The van der Waals surface area contributed by atoms with E-state index in [-0.39, 0.29) is 12.5 Å². The van der Waals surface area contributed by atoms with E-state index in [1.165, 1.54) is 0 Å². The second-order valence-electron chi connectivity index (χ2n) is 4.40. The van der Waals surface area contributed by atoms with E-state index in [1.54, 1.807) is 12.4 Å². The van der Waals surface area contributed by atoms with Crippen molar-refractivity contribution in [2.45, 2.75) is 38.5 Å². The molecule has 1 aromatic rings. The summed E-state index contributed by atoms with van der Waals surface area (Å²) in [6.07, 6.45) is 2.41. The summed E-state index contributed by atoms with van der Waals surface area (Å²) in [5, 5.41) is 11.4. The second-order valence-corrected chi connectivity index (χ2v) is 4.40. The van der Waals surface area contributed by atoms with Gasteiger partial charge in [-0.25, -0.2) is 4.79 Å². The van der Waals surface area contributed by atoms with Gasteiger partial charge in [-0.2, -0.15) is 0 Å². The molecule has 1 aromatic heterocycles. The van der Waals surface area contributed by atoms with Gasteiger partial charge in [0.05, 0.1) is 24.1 Å². The quantitative estimate of drug-likeness (QED) is 0.796. The SMILES string of the molecule is Cc1cnc(CNC(=O)[C@@H]2CC[C@H](C(=O)O)O2)cn1. The van der Waals surface area contributed by atoms with E-state index in [9.17, 15) is 9.59 Å². The molecule has 102 valence electrons. The fourth-order valence-corrected chi connectivity index (χ4v) is 1.81. The van der Waals surface area contributed by atoms with Gasteiger partial charge in [0.25, 0.3) is 0 Å². The van der Waals surface area contributed by atoms with Crippen molar-refractivity contribution < 1.29 is 19.4 Å². The molecule has 1 fully saturated rings. The molecule has 2 N–H and O–H groups in total. The highest BCUT2D eigenvalue weighted by molar-refractivity contribution is 5.82. The van der Waals surface area contributed by atoms with Crippen LogP contribution in [0, 0.1) is 6.92 Å². The monoisotopic (exact) mass is 265 g/mol. The summed E-state index contributed by atoms with van der Waals surface area (Å²) < 4.78 is 5.14. The third-order valence-electron chi connectivity index (χ3n) is 2.87. The first-order chi connectivity index (χ1) is 9.06. The van der Waals surface area contributed by atoms with Crippen molar-refractivity contribution >= 4 is 11.9 Å². The van der Waals surface area contributed by atoms with Crippen LogP contribution in [0.2, 0.25) is 0 Å². The molecule has 0 unspecified atom stereocenters. The van der Waals surface area contributed by atoms with Crippen LogP contribution >= 0.6 is 0 Å². The van der Waals surface area contributed by atoms with Crippen LogP contribution in [0.25, 0.3) is 0 Å². The molecule has 0 aliphatic carbocycles. The Kier molecular flexibility index (Phi) is 4.06. The van der Waals surface area contributed by atoms with Gasteiger partial charge in [0.1, 0.15) is 6.10 Å². The lowest BCUT2D eigenvalue weighted by Gasteiger charge is -2.11. The van der Waals surface area contributed by atoms with Crippen LogP contribution in [-0.2, 0) is 20.9 Å². The van der Waals surface area contributed by atoms with Gasteiger partial charge in [-0.05, 0) is 19.8 Å². The number of aryl methyl sites for hydroxylation is 1. The van der Waals surface area contributed by atoms with Crippen molar-refractivity contribution in [3.05, 3.63) is 23.8 Å². The molecule has 2 atom stereocenters. The second kappa shape index (κ2) is 5.75. The van der Waals surface area contributed by atoms with E-state index >= 15 is 0 Å². The Balaban J connectivity index is 1.82. The Bertz CT molecular complexity index is 474. The molecule has 1 amide bonds. The summed E-state index contributed by atoms with van der Waals surface area (Å²) in [5.74, 6) is -1.34. The van der Waals surface area contributed by atoms with Crippen molar-refractivity contribution in [2.75, 3.05) is 0 Å². The molecule has 0 radical (unpaired) electrons. The van der Waals surface area contributed by atoms with E-state index in [0.717, 1.165) is 5.69 Å². The van der Waals surface area contributed by atoms with Crippen molar-refractivity contribution in [3.63, 3.8) is 0 Å². The Labute approximate surface area is 110 Å². The number of carboxylic acid groups (broad SMARTS) is 1. The van der Waals surface area contributed by atoms with Gasteiger partial charge in [0, 0.05) is 6.20 Å². The molecule has 0 saturated carbocycles. The Morgan fingerprint density at radius 1 is 1.37 bits per heavy atom. The number of hydrogen-bond donors (Lipinski definition) is 2. The minimum absolute atomic E-state index is 0.254. The number of carbonyl (C=O) groups is 2. The number of ether oxygens (including phenoxy) is 1. The summed E-state index contributed by atoms with van der Waals surface area (Å²) in [4.78, 5) is 30.7. The lowest BCUT2D eigenvalue weighted by Crippen LogP contribution is -2.35. The zero-order chi connectivity index (χ0) is 13.8. The number of aromatic nitrogens is 2. The Hall–Kier alpha value is -2.02. The highest BCUT2D eigenvalue weighted by Crippen LogP contribution is 2.19. The third-order valence-corrected chi connectivity index (χ3v) is 2.87. The van der Waals surface area contributed by atoms with Gasteiger partial charge < -0.3 is 15.2 Å². The van der Waals surface area contributed by atoms with Crippen molar-refractivity contribution in [2.24, 2.45) is 0 Å². The van der Waals surface area contributed by atoms with Crippen LogP contribution in [0.4, 0.5) is 0 Å². The number of amides is 1. The van der Waals surface area contributed by atoms with E-state index < -0.39 is 18.2 Å². The number of aliphatic carboxylic acids is 1. The molecule has 1 aliphatic rings. The first kappa shape index (κ1) is 13.4. The first-order valence-electron chi connectivity index (χ1n) is 6.00. The maximum absolute atomic E-state index is 11.8. The van der Waals surface area contributed by atoms with E-state index in [2.05, 4.69) is 15.3 Å². The molecule has 0 bridgehead atoms. The largest absolute Gasteiger partial charge is 0.479 e. The molecule has 0 aromatic carbocycles. The van der Waals surface area contributed by atoms with Crippen LogP contribution in [0.3, 0.4) is 0 Å². The Morgan fingerprint density at radius 3 is 2.68 bits per heavy atom. The average Bonchev–Trinajstić information content (AvgIpc) is 2.87. The van der Waals surface area contributed by atoms with E-state index in [4.69, 9.17) is 9.84 Å². The van der Waals surface area contributed by atoms with E-state index in [0.29, 0.717) is 18.5 Å². The van der Waals surface area contributed by atoms with Gasteiger partial charge in [0.15, 0.2) is 6.10 Å². The lowest BCUT2D eigenvalue weighted by atomic mass is 10.2. The highest BCUT2D eigenvalue weighted by Gasteiger charge is 2.34. The van der Waals surface area contributed by atoms with Crippen molar-refractivity contribution in [3.8, 4) is 0 Å². The smallest absolute Gasteiger partial charge is 0.332 e. The van der Waals surface area contributed by atoms with Crippen LogP contribution in [0.5, 0.6) is 0 Å². The maximum Gasteiger partial charge on any atom is 0.332 e. The predicted octanol–water partition coefficient (Wildman–Crippen LogP) is 0.0334. The van der Waals surface area contributed by atoms with Gasteiger partial charge in [-0.15, -0.1) is 0 Å². The van der Waals surface area contributed by atoms with Gasteiger partial charge >= 0.3 is 5.97 Å². The minimum Gasteiger partial charge on any atom is -0.479 e. The fraction of sp³-hybridized carbons (Fsp3) is 0.500. The molecule has 0 spiro atoms. The highest BCUT2D eigenvalue weighted by atomic mass is 16.5. The molecule has 2 heterocycles. The van der Waals surface area contributed by atoms with Crippen LogP contribution < -0.4 is 5.32 Å². The van der Waals surface area contributed by atoms with Crippen LogP contribution in [0.1, 0.15) is 24.2 Å². The topological polar surface area (TPSA) is 101 Å². The zero-order valence-corrected chi connectivity index (χ0v) is 10.5. The normalized spacial score (nSPS) is 22.2. The number of carbonyl (C=O) groups excluding carboxylic acids is 1. The number of rotatable bonds is 4. The van der Waals surface area contributed by atoms with Crippen molar-refractivity contribution in [1.29, 1.82) is 0 Å². The summed E-state index contributed by atoms with van der Waals surface area (Å²) in [7, 11) is 0. The average molecular weight is 265 g/mol. The molecule has 1 aliphatic heterocycles. The molecule has 2 rings (SSSR count). The standard InChI is InChI=1S/C12H15N3O4/c1-7-4-14-8(5-13-7)6-15-11(16)9-2-3-10(19-9)12(17)18/h4-5,9-10H,2-3,6H2,1H3,(H,15,16)(H,17,18)/t9-,10+/m0/s1. The van der Waals surface area contributed by atoms with Crippen LogP contribution in [-0.4, -0.2) is 39.2 Å². The molecule has 7 nitrogen and oxygen atoms in total. The molecule has 7 heteroatoms. The number of nitrogens with zero attached hydrogens (tertiary/aromatic N) is 2. The summed E-state index contributed by atoms with van der Waals surface area (Å²) >= 11 is 0. The summed E-state index contributed by atoms with van der Waals surface area (Å²) in [5.41, 5.74) is 1.45. The van der Waals surface area contributed by atoms with Gasteiger partial charge in [0.2, 0.25) is 5.91 Å². The molecule has 19 heavy (non-hydrogen) atoms. The van der Waals surface area contributed by atoms with Gasteiger partial charge in [-0.1, -0.05) is 0 Å². The number of carboxylic acids is 1. The number of nitrogens with one attached hydrogen (secondary N) is 1. The fourth-order valence-electron chi connectivity index (χ4n) is 1.81. The number of hydrogen-bond acceptors (Lipinski definition) is 5. The maximum atomic E-state index is 11.8. The third kappa shape index (κ3) is 3.47. The predicted molar refractivity (Wildman–Crippen MR) is 64.1 cm³/mol. The minimum atomic E-state index is -1.03. The lowest BCUT2D eigenvalue weighted by molar-refractivity contribution is -0.151. The molecular formula is C12H15N3O4. The summed E-state index contributed by atoms with van der Waals surface area (Å²) in [6.45, 7) is 2.08. The zero-order valence-electron chi connectivity index (χ0n) is 10.5. The summed E-state index contributed by atoms with van der Waals surface area (Å²) in [6, 6.07) is 0. The van der Waals surface area contributed by atoms with Gasteiger partial charge in [-0.3, -0.25) is 14.8 Å². The van der Waals surface area contributed by atoms with E-state index in [1.807, 2.05) is 6.92 Å². The first-order valence-corrected chi connectivity index (χ1v) is 6.00.